The van der Waals surface area contributed by atoms with E-state index in [0.29, 0.717) is 24.0 Å². The van der Waals surface area contributed by atoms with Gasteiger partial charge in [0.05, 0.1) is 5.69 Å². The van der Waals surface area contributed by atoms with Crippen molar-refractivity contribution in [1.82, 2.24) is 14.9 Å². The summed E-state index contributed by atoms with van der Waals surface area (Å²) >= 11 is 1.45. The number of aryl methyl sites for hydroxylation is 1. The number of nitrogens with zero attached hydrogens (tertiary/aromatic N) is 4. The molecule has 2 aromatic rings. The maximum Gasteiger partial charge on any atom is 0.282 e. The molecule has 1 aliphatic heterocycles. The molecule has 6 heteroatoms. The predicted molar refractivity (Wildman–Crippen MR) is 93.3 cm³/mol. The second-order valence-electron chi connectivity index (χ2n) is 6.16. The molecule has 0 N–H and O–H groups in total. The van der Waals surface area contributed by atoms with Crippen molar-refractivity contribution in [2.45, 2.75) is 26.7 Å². The number of carbonyl (C=O) groups is 1. The van der Waals surface area contributed by atoms with Gasteiger partial charge in [0.15, 0.2) is 5.01 Å². The minimum atomic E-state index is 0.0549. The number of aromatic nitrogens is 2. The van der Waals surface area contributed by atoms with Crippen molar-refractivity contribution >= 4 is 23.1 Å². The Hall–Kier alpha value is -1.95. The van der Waals surface area contributed by atoms with Gasteiger partial charge in [0, 0.05) is 37.8 Å². The minimum Gasteiger partial charge on any atom is -0.353 e. The van der Waals surface area contributed by atoms with Crippen molar-refractivity contribution in [3.8, 4) is 0 Å². The van der Waals surface area contributed by atoms with Crippen LogP contribution in [0.25, 0.3) is 0 Å². The largest absolute Gasteiger partial charge is 0.353 e. The van der Waals surface area contributed by atoms with E-state index in [1.165, 1.54) is 16.9 Å². The van der Waals surface area contributed by atoms with Crippen molar-refractivity contribution in [3.05, 3.63) is 40.0 Å². The first-order valence-electron chi connectivity index (χ1n) is 7.97. The quantitative estimate of drug-likeness (QED) is 0.868. The highest BCUT2D eigenvalue weighted by atomic mass is 32.1. The molecular formula is C17H22N4OS. The molecule has 0 aromatic carbocycles. The van der Waals surface area contributed by atoms with Crippen molar-refractivity contribution < 1.29 is 4.79 Å². The summed E-state index contributed by atoms with van der Waals surface area (Å²) in [6, 6.07) is 4.02. The number of rotatable bonds is 3. The molecule has 1 aliphatic rings. The summed E-state index contributed by atoms with van der Waals surface area (Å²) in [5.74, 6) is 1.44. The maximum absolute atomic E-state index is 12.6. The number of pyridine rings is 1. The van der Waals surface area contributed by atoms with Crippen LogP contribution in [0.5, 0.6) is 0 Å². The second-order valence-corrected chi connectivity index (χ2v) is 7.01. The first-order valence-corrected chi connectivity index (χ1v) is 8.85. The molecule has 0 radical (unpaired) electrons. The number of hydrogen-bond acceptors (Lipinski definition) is 5. The third-order valence-electron chi connectivity index (χ3n) is 4.14. The molecule has 2 aromatic heterocycles. The number of thiazole rings is 1. The van der Waals surface area contributed by atoms with E-state index >= 15 is 0 Å². The Bertz CT molecular complexity index is 689. The lowest BCUT2D eigenvalue weighted by atomic mass is 10.2. The first kappa shape index (κ1) is 15.9. The summed E-state index contributed by atoms with van der Waals surface area (Å²) in [7, 11) is 0. The molecule has 1 amide bonds. The highest BCUT2D eigenvalue weighted by molar-refractivity contribution is 7.11. The minimum absolute atomic E-state index is 0.0549. The number of piperazine rings is 1. The smallest absolute Gasteiger partial charge is 0.282 e. The topological polar surface area (TPSA) is 49.3 Å². The molecule has 0 saturated carbocycles. The molecule has 0 atom stereocenters. The van der Waals surface area contributed by atoms with Crippen LogP contribution in [0.1, 0.15) is 40.8 Å². The van der Waals surface area contributed by atoms with E-state index in [-0.39, 0.29) is 5.91 Å². The summed E-state index contributed by atoms with van der Waals surface area (Å²) in [5, 5.41) is 2.60. The highest BCUT2D eigenvalue weighted by Gasteiger charge is 2.25. The van der Waals surface area contributed by atoms with Gasteiger partial charge >= 0.3 is 0 Å². The van der Waals surface area contributed by atoms with E-state index in [2.05, 4.69) is 41.7 Å². The summed E-state index contributed by atoms with van der Waals surface area (Å²) < 4.78 is 0. The van der Waals surface area contributed by atoms with Crippen molar-refractivity contribution in [3.63, 3.8) is 0 Å². The number of carbonyl (C=O) groups excluding carboxylic acids is 1. The van der Waals surface area contributed by atoms with Gasteiger partial charge in [-0.1, -0.05) is 19.9 Å². The molecule has 3 rings (SSSR count). The van der Waals surface area contributed by atoms with Crippen LogP contribution in [-0.4, -0.2) is 47.0 Å². The molecule has 1 saturated heterocycles. The van der Waals surface area contributed by atoms with Gasteiger partial charge in [0.1, 0.15) is 5.82 Å². The number of hydrogen-bond donors (Lipinski definition) is 0. The normalized spacial score (nSPS) is 15.3. The molecular weight excluding hydrogens is 308 g/mol. The van der Waals surface area contributed by atoms with Crippen LogP contribution in [0, 0.1) is 6.92 Å². The number of anilines is 1. The number of amides is 1. The van der Waals surface area contributed by atoms with Crippen LogP contribution in [0.3, 0.4) is 0 Å². The van der Waals surface area contributed by atoms with Gasteiger partial charge in [-0.2, -0.15) is 0 Å². The summed E-state index contributed by atoms with van der Waals surface area (Å²) in [6.45, 7) is 9.31. The first-order chi connectivity index (χ1) is 11.1. The average Bonchev–Trinajstić information content (AvgIpc) is 3.05. The summed E-state index contributed by atoms with van der Waals surface area (Å²) in [4.78, 5) is 25.7. The molecule has 1 fully saturated rings. The van der Waals surface area contributed by atoms with Gasteiger partial charge in [0.25, 0.3) is 5.91 Å². The molecule has 0 bridgehead atoms. The molecule has 5 nitrogen and oxygen atoms in total. The second kappa shape index (κ2) is 6.66. The SMILES string of the molecule is Cc1cccnc1N1CCN(C(=O)c2nc(C(C)C)cs2)CC1. The van der Waals surface area contributed by atoms with Crippen LogP contribution in [0.4, 0.5) is 5.82 Å². The Labute approximate surface area is 141 Å². The van der Waals surface area contributed by atoms with Crippen LogP contribution in [0.15, 0.2) is 23.7 Å². The van der Waals surface area contributed by atoms with Gasteiger partial charge in [-0.15, -0.1) is 11.3 Å². The fraction of sp³-hybridized carbons (Fsp3) is 0.471. The van der Waals surface area contributed by atoms with Gasteiger partial charge in [0.2, 0.25) is 0 Å². The fourth-order valence-electron chi connectivity index (χ4n) is 2.71. The zero-order valence-corrected chi connectivity index (χ0v) is 14.6. The monoisotopic (exact) mass is 330 g/mol. The van der Waals surface area contributed by atoms with Crippen LogP contribution in [0.2, 0.25) is 0 Å². The average molecular weight is 330 g/mol. The van der Waals surface area contributed by atoms with Gasteiger partial charge in [-0.3, -0.25) is 4.79 Å². The lowest BCUT2D eigenvalue weighted by Gasteiger charge is -2.35. The maximum atomic E-state index is 12.6. The van der Waals surface area contributed by atoms with E-state index in [1.807, 2.05) is 22.5 Å². The Morgan fingerprint density at radius 2 is 2.00 bits per heavy atom. The Morgan fingerprint density at radius 3 is 2.61 bits per heavy atom. The summed E-state index contributed by atoms with van der Waals surface area (Å²) in [6.07, 6.45) is 1.82. The highest BCUT2D eigenvalue weighted by Crippen LogP contribution is 2.21. The van der Waals surface area contributed by atoms with E-state index in [1.54, 1.807) is 0 Å². The molecule has 0 spiro atoms. The van der Waals surface area contributed by atoms with Crippen LogP contribution >= 0.6 is 11.3 Å². The third-order valence-corrected chi connectivity index (χ3v) is 4.99. The lowest BCUT2D eigenvalue weighted by Crippen LogP contribution is -2.49. The van der Waals surface area contributed by atoms with Crippen molar-refractivity contribution in [1.29, 1.82) is 0 Å². The van der Waals surface area contributed by atoms with E-state index in [0.717, 1.165) is 24.6 Å². The van der Waals surface area contributed by atoms with Crippen LogP contribution in [-0.2, 0) is 0 Å². The molecule has 122 valence electrons. The predicted octanol–water partition coefficient (Wildman–Crippen LogP) is 2.93. The third kappa shape index (κ3) is 3.37. The van der Waals surface area contributed by atoms with Gasteiger partial charge in [-0.25, -0.2) is 9.97 Å². The van der Waals surface area contributed by atoms with Gasteiger partial charge in [-0.05, 0) is 24.5 Å². The van der Waals surface area contributed by atoms with Crippen molar-refractivity contribution in [2.75, 3.05) is 31.1 Å². The molecule has 0 aliphatic carbocycles. The van der Waals surface area contributed by atoms with E-state index < -0.39 is 0 Å². The molecule has 23 heavy (non-hydrogen) atoms. The standard InChI is InChI=1S/C17H22N4OS/c1-12(2)14-11-23-16(19-14)17(22)21-9-7-20(8-10-21)15-13(3)5-4-6-18-15/h4-6,11-12H,7-10H2,1-3H3. The molecule has 0 unspecified atom stereocenters. The van der Waals surface area contributed by atoms with E-state index in [9.17, 15) is 4.79 Å². The Balaban J connectivity index is 1.64. The van der Waals surface area contributed by atoms with Crippen molar-refractivity contribution in [2.24, 2.45) is 0 Å². The summed E-state index contributed by atoms with van der Waals surface area (Å²) in [5.41, 5.74) is 2.18. The molecule has 3 heterocycles. The van der Waals surface area contributed by atoms with Gasteiger partial charge < -0.3 is 9.80 Å². The zero-order valence-electron chi connectivity index (χ0n) is 13.8. The fourth-order valence-corrected chi connectivity index (χ4v) is 3.66. The van der Waals surface area contributed by atoms with E-state index in [4.69, 9.17) is 0 Å². The Morgan fingerprint density at radius 1 is 1.26 bits per heavy atom. The zero-order chi connectivity index (χ0) is 16.4. The Kier molecular flexibility index (Phi) is 4.61. The lowest BCUT2D eigenvalue weighted by molar-refractivity contribution is 0.0746. The van der Waals surface area contributed by atoms with Crippen LogP contribution < -0.4 is 4.90 Å².